The zero-order chi connectivity index (χ0) is 55.6. The summed E-state index contributed by atoms with van der Waals surface area (Å²) in [6.07, 6.45) is 69.0. The van der Waals surface area contributed by atoms with Gasteiger partial charge in [-0.1, -0.05) is 236 Å². The molecule has 0 fully saturated rings. The number of benzene rings is 2. The van der Waals surface area contributed by atoms with Gasteiger partial charge in [0.25, 0.3) is 0 Å². The molecule has 0 atom stereocenters. The van der Waals surface area contributed by atoms with Crippen molar-refractivity contribution in [3.63, 3.8) is 0 Å². The fourth-order valence-corrected chi connectivity index (χ4v) is 12.1. The van der Waals surface area contributed by atoms with Gasteiger partial charge in [-0.05, 0) is 104 Å². The van der Waals surface area contributed by atoms with Crippen molar-refractivity contribution in [3.8, 4) is 0 Å². The van der Waals surface area contributed by atoms with Crippen molar-refractivity contribution >= 4 is 11.4 Å². The van der Waals surface area contributed by atoms with E-state index in [0.717, 1.165) is 56.9 Å². The van der Waals surface area contributed by atoms with Crippen molar-refractivity contribution in [1.29, 1.82) is 0 Å². The molecule has 3 heteroatoms. The Bertz CT molecular complexity index is 1690. The van der Waals surface area contributed by atoms with Gasteiger partial charge in [-0.15, -0.1) is 4.79 Å². The maximum atomic E-state index is 9.91. The Labute approximate surface area is 488 Å². The summed E-state index contributed by atoms with van der Waals surface area (Å²) in [5.41, 5.74) is 19.1. The minimum atomic E-state index is 0.896. The molecule has 0 saturated carbocycles. The Morgan fingerprint density at radius 1 is 0.403 bits per heavy atom. The van der Waals surface area contributed by atoms with Crippen LogP contribution in [-0.2, 0) is 27.3 Å². The Hall–Kier alpha value is -2.43. The quantitative estimate of drug-likeness (QED) is 0.0120. The summed E-state index contributed by atoms with van der Waals surface area (Å²) in [6, 6.07) is 18.6. The van der Waals surface area contributed by atoms with E-state index in [2.05, 4.69) is 113 Å². The van der Waals surface area contributed by atoms with Gasteiger partial charge >= 0.3 is 135 Å². The number of unbranched alkanes of at least 4 members (excludes halogenated alkanes) is 37. The molecule has 0 amide bonds. The molecule has 77 heavy (non-hydrogen) atoms. The Morgan fingerprint density at radius 3 is 1.26 bits per heavy atom. The van der Waals surface area contributed by atoms with Crippen LogP contribution >= 0.6 is 0 Å². The van der Waals surface area contributed by atoms with E-state index < -0.39 is 0 Å². The van der Waals surface area contributed by atoms with E-state index in [1.54, 1.807) is 0 Å². The molecular formula is C74H128N2Ni. The van der Waals surface area contributed by atoms with Gasteiger partial charge in [0.1, 0.15) is 0 Å². The summed E-state index contributed by atoms with van der Waals surface area (Å²) in [7, 11) is 0. The predicted molar refractivity (Wildman–Crippen MR) is 344 cm³/mol. The van der Waals surface area contributed by atoms with Crippen LogP contribution in [0.3, 0.4) is 0 Å². The Kier molecular flexibility index (Phi) is 54.9. The maximum absolute atomic E-state index is 9.91. The summed E-state index contributed by atoms with van der Waals surface area (Å²) in [6.45, 7) is 13.7. The van der Waals surface area contributed by atoms with Crippen LogP contribution in [0.5, 0.6) is 0 Å². The SMILES string of the molecule is CCCCCCCCCCCCCCCCCCC=CCCCc1ccccc1C(=C(CCCCCCCC)C(=C=[N+]=[N-])CCCCC)c1ccc(CCCC)cc1.CCCCCCCC[CH2][Ni][CH2]CCCCCCCC. The molecule has 0 aromatic heterocycles. The molecule has 0 saturated heterocycles. The molecule has 2 aromatic carbocycles. The van der Waals surface area contributed by atoms with Crippen molar-refractivity contribution in [3.05, 3.63) is 99.6 Å². The first kappa shape index (κ1) is 72.6. The molecule has 0 aliphatic carbocycles. The molecule has 0 N–H and O–H groups in total. The third-order valence-electron chi connectivity index (χ3n) is 15.9. The van der Waals surface area contributed by atoms with Gasteiger partial charge in [0, 0.05) is 0 Å². The van der Waals surface area contributed by atoms with Crippen molar-refractivity contribution in [2.45, 2.75) is 361 Å². The summed E-state index contributed by atoms with van der Waals surface area (Å²) in [5.74, 6) is 3.12. The number of hydrogen-bond donors (Lipinski definition) is 0. The molecule has 0 spiro atoms. The summed E-state index contributed by atoms with van der Waals surface area (Å²) < 4.78 is 0. The predicted octanol–water partition coefficient (Wildman–Crippen LogP) is 25.9. The molecule has 0 aliphatic heterocycles. The van der Waals surface area contributed by atoms with E-state index in [4.69, 9.17) is 0 Å². The average Bonchev–Trinajstić information content (AvgIpc) is 3.45. The van der Waals surface area contributed by atoms with Crippen molar-refractivity contribution in [2.75, 3.05) is 0 Å². The number of hydrogen-bond acceptors (Lipinski definition) is 0. The Morgan fingerprint density at radius 2 is 0.792 bits per heavy atom. The molecule has 2 rings (SSSR count). The van der Waals surface area contributed by atoms with Gasteiger partial charge in [-0.25, -0.2) is 0 Å². The number of nitrogens with zero attached hydrogens (tertiary/aromatic N) is 2. The van der Waals surface area contributed by atoms with Gasteiger partial charge in [0.2, 0.25) is 0 Å². The van der Waals surface area contributed by atoms with Crippen molar-refractivity contribution < 1.29 is 19.2 Å². The number of rotatable bonds is 54. The minimum absolute atomic E-state index is 0.896. The van der Waals surface area contributed by atoms with Crippen LogP contribution in [0.25, 0.3) is 11.1 Å². The molecule has 0 heterocycles. The molecule has 0 radical (unpaired) electrons. The van der Waals surface area contributed by atoms with E-state index in [1.165, 1.54) is 301 Å². The first-order valence-electron chi connectivity index (χ1n) is 34.1. The van der Waals surface area contributed by atoms with Crippen LogP contribution in [0.4, 0.5) is 0 Å². The van der Waals surface area contributed by atoms with E-state index in [-0.39, 0.29) is 0 Å². The normalized spacial score (nSPS) is 11.7. The average molecular weight is 1100 g/mol. The van der Waals surface area contributed by atoms with Crippen LogP contribution in [0.15, 0.2) is 71.8 Å². The Balaban J connectivity index is 0.00000132. The molecule has 2 nitrogen and oxygen atoms in total. The molecule has 0 bridgehead atoms. The monoisotopic (exact) mass is 1100 g/mol. The molecule has 2 aromatic rings. The van der Waals surface area contributed by atoms with Gasteiger partial charge in [0.05, 0.1) is 5.57 Å². The molecule has 0 unspecified atom stereocenters. The first-order chi connectivity index (χ1) is 38.1. The fraction of sp³-hybridized carbons (Fsp3) is 0.757. The second-order valence-electron chi connectivity index (χ2n) is 23.1. The van der Waals surface area contributed by atoms with Crippen LogP contribution in [0.1, 0.15) is 359 Å². The topological polar surface area (TPSA) is 36.4 Å². The first-order valence-corrected chi connectivity index (χ1v) is 35.5. The molecular weight excluding hydrogens is 976 g/mol. The fourth-order valence-electron chi connectivity index (χ4n) is 10.9. The summed E-state index contributed by atoms with van der Waals surface area (Å²) >= 11 is 2.01. The number of allylic oxidation sites excluding steroid dienone is 4. The van der Waals surface area contributed by atoms with Gasteiger partial charge < -0.3 is 5.53 Å². The van der Waals surface area contributed by atoms with Gasteiger partial charge in [0.15, 0.2) is 0 Å². The van der Waals surface area contributed by atoms with Gasteiger partial charge in [-0.3, -0.25) is 0 Å². The van der Waals surface area contributed by atoms with Gasteiger partial charge in [-0.2, -0.15) is 0 Å². The van der Waals surface area contributed by atoms with Crippen LogP contribution in [-0.4, -0.2) is 10.7 Å². The summed E-state index contributed by atoms with van der Waals surface area (Å²) in [5, 5.41) is 2.85. The van der Waals surface area contributed by atoms with Crippen LogP contribution < -0.4 is 0 Å². The zero-order valence-electron chi connectivity index (χ0n) is 52.3. The van der Waals surface area contributed by atoms with E-state index in [9.17, 15) is 5.53 Å². The standard InChI is InChI=1S/C56H90N2.2C9H19.Ni/c1-5-9-13-15-17-18-19-20-21-22-23-24-25-26-27-28-29-30-31-32-35-40-51-41-37-38-44-54(51)56(52-47-45-50(46-48-52)39-12-8-4)55(43-36-33-16-14-10-6-2)53(49-58-57)42-34-11-7-3;2*1-3-5-7-9-8-6-4-2;/h30-31,37-38,41,44-48H,5-29,32-36,39-40,42-43H2,1-4H3;2*1,3-9H2,2H3;. The van der Waals surface area contributed by atoms with E-state index in [1.807, 2.05) is 14.4 Å². The van der Waals surface area contributed by atoms with Crippen molar-refractivity contribution in [1.82, 2.24) is 0 Å². The second kappa shape index (κ2) is 58.2. The third-order valence-corrected chi connectivity index (χ3v) is 17.3. The van der Waals surface area contributed by atoms with E-state index in [0.29, 0.717) is 0 Å². The van der Waals surface area contributed by atoms with E-state index >= 15 is 0 Å². The number of aryl methyl sites for hydroxylation is 2. The molecule has 444 valence electrons. The van der Waals surface area contributed by atoms with Crippen molar-refractivity contribution in [2.24, 2.45) is 0 Å². The third kappa shape index (κ3) is 43.0. The molecule has 0 aliphatic rings. The summed E-state index contributed by atoms with van der Waals surface area (Å²) in [4.78, 5) is 3.55. The zero-order valence-corrected chi connectivity index (χ0v) is 53.3. The second-order valence-corrected chi connectivity index (χ2v) is 24.6. The van der Waals surface area contributed by atoms with Crippen LogP contribution in [0.2, 0.25) is 10.8 Å². The van der Waals surface area contributed by atoms with Crippen LogP contribution in [0, 0.1) is 0 Å².